The SMILES string of the molecule is CCCNC(=O)OCC[NH+](CCOC(=O)NCCC)CCc1ccccc1.[Cl-]. The molecule has 1 aromatic carbocycles. The Labute approximate surface area is 174 Å². The Bertz CT molecular complexity index is 505. The standard InChI is InChI=1S/C20H33N3O4.ClH/c1-3-11-21-19(24)26-16-14-23(13-10-18-8-6-5-7-9-18)15-17-27-20(25)22-12-4-2;/h5-9H,3-4,10-17H2,1-2H3,(H,21,24)(H,22,25);1H. The van der Waals surface area contributed by atoms with E-state index in [2.05, 4.69) is 22.8 Å². The molecular weight excluding hydrogens is 382 g/mol. The molecule has 0 atom stereocenters. The largest absolute Gasteiger partial charge is 1.00 e. The zero-order valence-electron chi connectivity index (χ0n) is 17.0. The highest BCUT2D eigenvalue weighted by Crippen LogP contribution is 1.97. The van der Waals surface area contributed by atoms with E-state index < -0.39 is 0 Å². The van der Waals surface area contributed by atoms with Crippen molar-refractivity contribution in [2.75, 3.05) is 45.9 Å². The fourth-order valence-electron chi connectivity index (χ4n) is 2.47. The summed E-state index contributed by atoms with van der Waals surface area (Å²) >= 11 is 0. The lowest BCUT2D eigenvalue weighted by molar-refractivity contribution is -0.900. The molecule has 2 amide bonds. The third-order valence-corrected chi connectivity index (χ3v) is 4.03. The van der Waals surface area contributed by atoms with E-state index in [-0.39, 0.29) is 24.6 Å². The normalized spacial score (nSPS) is 10.1. The summed E-state index contributed by atoms with van der Waals surface area (Å²) < 4.78 is 10.4. The summed E-state index contributed by atoms with van der Waals surface area (Å²) in [5.74, 6) is 0. The summed E-state index contributed by atoms with van der Waals surface area (Å²) in [5, 5.41) is 5.39. The Morgan fingerprint density at radius 1 is 0.857 bits per heavy atom. The van der Waals surface area contributed by atoms with Crippen molar-refractivity contribution in [3.63, 3.8) is 0 Å². The Kier molecular flexibility index (Phi) is 15.9. The van der Waals surface area contributed by atoms with E-state index >= 15 is 0 Å². The van der Waals surface area contributed by atoms with Crippen LogP contribution in [-0.2, 0) is 15.9 Å². The van der Waals surface area contributed by atoms with Crippen LogP contribution in [0.25, 0.3) is 0 Å². The van der Waals surface area contributed by atoms with Gasteiger partial charge in [-0.2, -0.15) is 0 Å². The summed E-state index contributed by atoms with van der Waals surface area (Å²) in [4.78, 5) is 24.3. The number of benzene rings is 1. The van der Waals surface area contributed by atoms with Crippen LogP contribution in [0.4, 0.5) is 9.59 Å². The van der Waals surface area contributed by atoms with E-state index in [9.17, 15) is 9.59 Å². The maximum atomic E-state index is 11.5. The van der Waals surface area contributed by atoms with Crippen molar-refractivity contribution >= 4 is 12.2 Å². The van der Waals surface area contributed by atoms with Crippen LogP contribution in [0.2, 0.25) is 0 Å². The first-order valence-electron chi connectivity index (χ1n) is 9.84. The third-order valence-electron chi connectivity index (χ3n) is 4.03. The molecule has 8 heteroatoms. The van der Waals surface area contributed by atoms with Gasteiger partial charge in [-0.25, -0.2) is 9.59 Å². The molecule has 28 heavy (non-hydrogen) atoms. The molecule has 3 N–H and O–H groups in total. The minimum absolute atomic E-state index is 0. The summed E-state index contributed by atoms with van der Waals surface area (Å²) in [7, 11) is 0. The molecule has 1 rings (SSSR count). The number of ether oxygens (including phenoxy) is 2. The number of amides is 2. The van der Waals surface area contributed by atoms with Crippen LogP contribution in [0.15, 0.2) is 30.3 Å². The minimum Gasteiger partial charge on any atom is -1.00 e. The van der Waals surface area contributed by atoms with Crippen molar-refractivity contribution in [3.8, 4) is 0 Å². The maximum absolute atomic E-state index is 11.5. The second-order valence-electron chi connectivity index (χ2n) is 6.36. The molecule has 0 unspecified atom stereocenters. The van der Waals surface area contributed by atoms with E-state index in [1.54, 1.807) is 0 Å². The highest BCUT2D eigenvalue weighted by atomic mass is 35.5. The van der Waals surface area contributed by atoms with Crippen LogP contribution >= 0.6 is 0 Å². The predicted octanol–water partition coefficient (Wildman–Crippen LogP) is -1.61. The first kappa shape index (κ1) is 26.0. The zero-order chi connectivity index (χ0) is 19.7. The van der Waals surface area contributed by atoms with Gasteiger partial charge >= 0.3 is 12.2 Å². The summed E-state index contributed by atoms with van der Waals surface area (Å²) in [6.45, 7) is 8.11. The first-order chi connectivity index (χ1) is 13.2. The maximum Gasteiger partial charge on any atom is 0.407 e. The number of nitrogens with one attached hydrogen (secondary N) is 3. The number of halogens is 1. The predicted molar refractivity (Wildman–Crippen MR) is 105 cm³/mol. The number of hydrogen-bond acceptors (Lipinski definition) is 4. The van der Waals surface area contributed by atoms with Crippen molar-refractivity contribution in [1.82, 2.24) is 10.6 Å². The van der Waals surface area contributed by atoms with Gasteiger partial charge in [0.05, 0.1) is 6.54 Å². The van der Waals surface area contributed by atoms with Gasteiger partial charge in [-0.3, -0.25) is 0 Å². The number of quaternary nitrogens is 1. The van der Waals surface area contributed by atoms with Crippen LogP contribution in [0.5, 0.6) is 0 Å². The van der Waals surface area contributed by atoms with Crippen molar-refractivity contribution < 1.29 is 36.4 Å². The molecule has 0 saturated carbocycles. The van der Waals surface area contributed by atoms with Gasteiger partial charge in [0.1, 0.15) is 26.3 Å². The topological polar surface area (TPSA) is 81.1 Å². The molecule has 0 aliphatic carbocycles. The van der Waals surface area contributed by atoms with E-state index in [4.69, 9.17) is 9.47 Å². The van der Waals surface area contributed by atoms with Crippen LogP contribution in [0.1, 0.15) is 32.3 Å². The second kappa shape index (κ2) is 17.1. The Hall–Kier alpha value is -1.99. The van der Waals surface area contributed by atoms with Crippen molar-refractivity contribution in [1.29, 1.82) is 0 Å². The lowest BCUT2D eigenvalue weighted by Gasteiger charge is -2.19. The number of carbonyl (C=O) groups is 2. The molecule has 0 fully saturated rings. The average molecular weight is 416 g/mol. The lowest BCUT2D eigenvalue weighted by Crippen LogP contribution is -3.13. The molecule has 0 spiro atoms. The van der Waals surface area contributed by atoms with Gasteiger partial charge in [0.15, 0.2) is 0 Å². The van der Waals surface area contributed by atoms with Crippen LogP contribution in [0, 0.1) is 0 Å². The average Bonchev–Trinajstić information content (AvgIpc) is 2.69. The fraction of sp³-hybridized carbons (Fsp3) is 0.600. The quantitative estimate of drug-likeness (QED) is 0.362. The van der Waals surface area contributed by atoms with Gasteiger partial charge in [0, 0.05) is 19.5 Å². The Morgan fingerprint density at radius 2 is 1.36 bits per heavy atom. The fourth-order valence-corrected chi connectivity index (χ4v) is 2.47. The monoisotopic (exact) mass is 415 g/mol. The molecule has 7 nitrogen and oxygen atoms in total. The molecule has 0 aromatic heterocycles. The first-order valence-corrected chi connectivity index (χ1v) is 9.84. The van der Waals surface area contributed by atoms with Crippen molar-refractivity contribution in [3.05, 3.63) is 35.9 Å². The molecule has 0 bridgehead atoms. The molecule has 160 valence electrons. The van der Waals surface area contributed by atoms with Gasteiger partial charge in [0.25, 0.3) is 0 Å². The number of rotatable bonds is 13. The molecule has 0 aliphatic heterocycles. The molecule has 1 aromatic rings. The Morgan fingerprint density at radius 3 is 1.82 bits per heavy atom. The molecule has 0 aliphatic rings. The van der Waals surface area contributed by atoms with Gasteiger partial charge in [-0.05, 0) is 18.4 Å². The third kappa shape index (κ3) is 13.2. The molecule has 0 radical (unpaired) electrons. The van der Waals surface area contributed by atoms with Gasteiger partial charge < -0.3 is 37.4 Å². The van der Waals surface area contributed by atoms with Crippen LogP contribution < -0.4 is 27.9 Å². The molecular formula is C20H34ClN3O4. The van der Waals surface area contributed by atoms with Gasteiger partial charge in [0.2, 0.25) is 0 Å². The lowest BCUT2D eigenvalue weighted by atomic mass is 10.1. The van der Waals surface area contributed by atoms with E-state index in [0.29, 0.717) is 39.4 Å². The van der Waals surface area contributed by atoms with Crippen LogP contribution in [0.3, 0.4) is 0 Å². The zero-order valence-corrected chi connectivity index (χ0v) is 17.7. The van der Waals surface area contributed by atoms with Crippen molar-refractivity contribution in [2.24, 2.45) is 0 Å². The number of hydrogen-bond donors (Lipinski definition) is 3. The number of alkyl carbamates (subject to hydrolysis) is 2. The molecule has 0 saturated heterocycles. The highest BCUT2D eigenvalue weighted by molar-refractivity contribution is 5.67. The Balaban J connectivity index is 0.00000729. The number of carbonyl (C=O) groups excluding carboxylic acids is 2. The second-order valence-corrected chi connectivity index (χ2v) is 6.36. The van der Waals surface area contributed by atoms with Gasteiger partial charge in [-0.1, -0.05) is 44.2 Å². The highest BCUT2D eigenvalue weighted by Gasteiger charge is 2.12. The van der Waals surface area contributed by atoms with Gasteiger partial charge in [-0.15, -0.1) is 0 Å². The summed E-state index contributed by atoms with van der Waals surface area (Å²) in [6, 6.07) is 10.2. The molecule has 0 heterocycles. The minimum atomic E-state index is -0.380. The van der Waals surface area contributed by atoms with E-state index in [1.807, 2.05) is 32.0 Å². The summed E-state index contributed by atoms with van der Waals surface area (Å²) in [5.41, 5.74) is 1.26. The van der Waals surface area contributed by atoms with Crippen LogP contribution in [-0.4, -0.2) is 58.1 Å². The van der Waals surface area contributed by atoms with E-state index in [0.717, 1.165) is 25.8 Å². The summed E-state index contributed by atoms with van der Waals surface area (Å²) in [6.07, 6.45) is 1.91. The smallest absolute Gasteiger partial charge is 0.407 e. The van der Waals surface area contributed by atoms with E-state index in [1.165, 1.54) is 10.5 Å². The van der Waals surface area contributed by atoms with Crippen molar-refractivity contribution in [2.45, 2.75) is 33.1 Å².